The van der Waals surface area contributed by atoms with E-state index in [0.29, 0.717) is 13.0 Å². The summed E-state index contributed by atoms with van der Waals surface area (Å²) < 4.78 is 16.2. The number of para-hydroxylation sites is 1. The Morgan fingerprint density at radius 2 is 2.12 bits per heavy atom. The quantitative estimate of drug-likeness (QED) is 0.766. The van der Waals surface area contributed by atoms with Crippen LogP contribution in [0.5, 0.6) is 17.2 Å². The fraction of sp³-hybridized carbons (Fsp3) is 0.250. The van der Waals surface area contributed by atoms with E-state index in [1.54, 1.807) is 19.1 Å². The highest BCUT2D eigenvalue weighted by Gasteiger charge is 2.20. The van der Waals surface area contributed by atoms with E-state index in [2.05, 4.69) is 4.98 Å². The van der Waals surface area contributed by atoms with Crippen LogP contribution >= 0.6 is 0 Å². The summed E-state index contributed by atoms with van der Waals surface area (Å²) in [6.45, 7) is 0.693. The topological polar surface area (TPSA) is 63.8 Å². The van der Waals surface area contributed by atoms with Gasteiger partial charge in [-0.1, -0.05) is 12.1 Å². The first-order valence-corrected chi connectivity index (χ1v) is 8.41. The minimum Gasteiger partial charge on any atom is -0.497 e. The predicted molar refractivity (Wildman–Crippen MR) is 97.6 cm³/mol. The third kappa shape index (κ3) is 2.94. The summed E-state index contributed by atoms with van der Waals surface area (Å²) in [5.41, 5.74) is 2.88. The molecular weight excluding hydrogens is 332 g/mol. The number of ether oxygens (including phenoxy) is 3. The molecule has 1 N–H and O–H groups in total. The predicted octanol–water partition coefficient (Wildman–Crippen LogP) is 3.11. The van der Waals surface area contributed by atoms with Gasteiger partial charge in [0.1, 0.15) is 5.75 Å². The van der Waals surface area contributed by atoms with Crippen molar-refractivity contribution >= 4 is 16.8 Å². The number of aromatic nitrogens is 1. The molecule has 1 aliphatic rings. The van der Waals surface area contributed by atoms with Crippen molar-refractivity contribution in [3.8, 4) is 17.2 Å². The van der Waals surface area contributed by atoms with Gasteiger partial charge in [-0.3, -0.25) is 4.79 Å². The second kappa shape index (κ2) is 6.63. The van der Waals surface area contributed by atoms with Crippen molar-refractivity contribution in [2.24, 2.45) is 0 Å². The third-order valence-corrected chi connectivity index (χ3v) is 4.63. The smallest absolute Gasteiger partial charge is 0.231 e. The number of carbonyl (C=O) groups is 1. The molecule has 0 bridgehead atoms. The van der Waals surface area contributed by atoms with Crippen molar-refractivity contribution in [2.45, 2.75) is 13.0 Å². The number of H-pyrrole nitrogens is 1. The van der Waals surface area contributed by atoms with Gasteiger partial charge < -0.3 is 24.1 Å². The molecule has 0 saturated heterocycles. The lowest BCUT2D eigenvalue weighted by Gasteiger charge is -2.18. The first-order valence-electron chi connectivity index (χ1n) is 8.41. The minimum absolute atomic E-state index is 0.0326. The molecule has 0 unspecified atom stereocenters. The van der Waals surface area contributed by atoms with Gasteiger partial charge >= 0.3 is 0 Å². The van der Waals surface area contributed by atoms with E-state index in [1.807, 2.05) is 42.6 Å². The van der Waals surface area contributed by atoms with Crippen LogP contribution in [0, 0.1) is 0 Å². The van der Waals surface area contributed by atoms with Gasteiger partial charge in [-0.2, -0.15) is 0 Å². The lowest BCUT2D eigenvalue weighted by Crippen LogP contribution is -2.27. The lowest BCUT2D eigenvalue weighted by molar-refractivity contribution is -0.129. The standard InChI is InChI=1S/C20H20N2O4/c1-22(11-13-4-3-5-18-20(13)26-12-25-18)19(23)8-14-10-21-17-7-6-15(24-2)9-16(14)17/h3-7,9-10,21H,8,11-12H2,1-2H3. The van der Waals surface area contributed by atoms with Crippen LogP contribution in [-0.4, -0.2) is 36.7 Å². The van der Waals surface area contributed by atoms with Crippen LogP contribution in [0.2, 0.25) is 0 Å². The van der Waals surface area contributed by atoms with Crippen molar-refractivity contribution in [1.29, 1.82) is 0 Å². The van der Waals surface area contributed by atoms with Gasteiger partial charge in [0.05, 0.1) is 13.5 Å². The molecule has 1 aliphatic heterocycles. The molecule has 134 valence electrons. The molecule has 2 heterocycles. The lowest BCUT2D eigenvalue weighted by atomic mass is 10.1. The van der Waals surface area contributed by atoms with Gasteiger partial charge in [-0.25, -0.2) is 0 Å². The third-order valence-electron chi connectivity index (χ3n) is 4.63. The van der Waals surface area contributed by atoms with Crippen molar-refractivity contribution < 1.29 is 19.0 Å². The van der Waals surface area contributed by atoms with Crippen molar-refractivity contribution in [1.82, 2.24) is 9.88 Å². The second-order valence-electron chi connectivity index (χ2n) is 6.30. The SMILES string of the molecule is COc1ccc2[nH]cc(CC(=O)N(C)Cc3cccc4c3OCO4)c2c1. The van der Waals surface area contributed by atoms with E-state index in [-0.39, 0.29) is 12.7 Å². The number of aromatic amines is 1. The molecule has 0 aliphatic carbocycles. The molecule has 0 saturated carbocycles. The Hall–Kier alpha value is -3.15. The van der Waals surface area contributed by atoms with E-state index >= 15 is 0 Å². The number of nitrogens with zero attached hydrogens (tertiary/aromatic N) is 1. The van der Waals surface area contributed by atoms with E-state index in [9.17, 15) is 4.79 Å². The van der Waals surface area contributed by atoms with Crippen molar-refractivity contribution in [3.63, 3.8) is 0 Å². The summed E-state index contributed by atoms with van der Waals surface area (Å²) in [5, 5.41) is 1.00. The Morgan fingerprint density at radius 1 is 1.23 bits per heavy atom. The van der Waals surface area contributed by atoms with Crippen LogP contribution in [0.3, 0.4) is 0 Å². The average molecular weight is 352 g/mol. The molecule has 26 heavy (non-hydrogen) atoms. The van der Waals surface area contributed by atoms with Gasteiger partial charge in [0.15, 0.2) is 11.5 Å². The Kier molecular flexibility index (Phi) is 4.16. The van der Waals surface area contributed by atoms with E-state index < -0.39 is 0 Å². The maximum Gasteiger partial charge on any atom is 0.231 e. The van der Waals surface area contributed by atoms with Crippen molar-refractivity contribution in [2.75, 3.05) is 21.0 Å². The number of fused-ring (bicyclic) bond motifs is 2. The van der Waals surface area contributed by atoms with Crippen LogP contribution < -0.4 is 14.2 Å². The number of hydrogen-bond donors (Lipinski definition) is 1. The summed E-state index contributed by atoms with van der Waals surface area (Å²) in [4.78, 5) is 17.6. The molecule has 1 amide bonds. The zero-order valence-corrected chi connectivity index (χ0v) is 14.7. The molecule has 0 spiro atoms. The maximum atomic E-state index is 12.7. The second-order valence-corrected chi connectivity index (χ2v) is 6.30. The number of carbonyl (C=O) groups excluding carboxylic acids is 1. The summed E-state index contributed by atoms with van der Waals surface area (Å²) in [7, 11) is 3.43. The fourth-order valence-electron chi connectivity index (χ4n) is 3.19. The summed E-state index contributed by atoms with van der Waals surface area (Å²) in [5.74, 6) is 2.26. The van der Waals surface area contributed by atoms with Crippen LogP contribution in [0.15, 0.2) is 42.6 Å². The number of benzene rings is 2. The molecule has 2 aromatic carbocycles. The number of amides is 1. The number of methoxy groups -OCH3 is 1. The van der Waals surface area contributed by atoms with E-state index in [0.717, 1.165) is 39.3 Å². The van der Waals surface area contributed by atoms with Crippen molar-refractivity contribution in [3.05, 3.63) is 53.7 Å². The molecule has 6 nitrogen and oxygen atoms in total. The number of likely N-dealkylation sites (N-methyl/N-ethyl adjacent to an activating group) is 1. The molecule has 0 radical (unpaired) electrons. The Bertz CT molecular complexity index is 964. The van der Waals surface area contributed by atoms with Crippen LogP contribution in [0.1, 0.15) is 11.1 Å². The summed E-state index contributed by atoms with van der Waals surface area (Å²) >= 11 is 0. The number of nitrogens with one attached hydrogen (secondary N) is 1. The molecular formula is C20H20N2O4. The maximum absolute atomic E-state index is 12.7. The summed E-state index contributed by atoms with van der Waals surface area (Å²) in [6.07, 6.45) is 2.20. The zero-order chi connectivity index (χ0) is 18.1. The molecule has 6 heteroatoms. The van der Waals surface area contributed by atoms with E-state index in [4.69, 9.17) is 14.2 Å². The normalized spacial score (nSPS) is 12.4. The summed E-state index contributed by atoms with van der Waals surface area (Å²) in [6, 6.07) is 11.5. The largest absolute Gasteiger partial charge is 0.497 e. The van der Waals surface area contributed by atoms with E-state index in [1.165, 1.54) is 0 Å². The highest BCUT2D eigenvalue weighted by Crippen LogP contribution is 2.35. The van der Waals surface area contributed by atoms with Crippen LogP contribution in [0.25, 0.3) is 10.9 Å². The van der Waals surface area contributed by atoms with Gasteiger partial charge in [0.25, 0.3) is 0 Å². The molecule has 0 fully saturated rings. The van der Waals surface area contributed by atoms with Gasteiger partial charge in [-0.05, 0) is 29.8 Å². The first-order chi connectivity index (χ1) is 12.7. The molecule has 1 aromatic heterocycles. The highest BCUT2D eigenvalue weighted by molar-refractivity contribution is 5.89. The van der Waals surface area contributed by atoms with Gasteiger partial charge in [0, 0.05) is 36.3 Å². The highest BCUT2D eigenvalue weighted by atomic mass is 16.7. The average Bonchev–Trinajstić information content (AvgIpc) is 3.29. The first kappa shape index (κ1) is 16.3. The monoisotopic (exact) mass is 352 g/mol. The minimum atomic E-state index is 0.0326. The fourth-order valence-corrected chi connectivity index (χ4v) is 3.19. The Balaban J connectivity index is 1.51. The molecule has 4 rings (SSSR count). The molecule has 3 aromatic rings. The van der Waals surface area contributed by atoms with Crippen LogP contribution in [-0.2, 0) is 17.8 Å². The van der Waals surface area contributed by atoms with Crippen LogP contribution in [0.4, 0.5) is 0 Å². The number of rotatable bonds is 5. The van der Waals surface area contributed by atoms with Gasteiger partial charge in [-0.15, -0.1) is 0 Å². The Morgan fingerprint density at radius 3 is 2.96 bits per heavy atom. The zero-order valence-electron chi connectivity index (χ0n) is 14.7. The number of hydrogen-bond acceptors (Lipinski definition) is 4. The Labute approximate surface area is 151 Å². The van der Waals surface area contributed by atoms with Gasteiger partial charge in [0.2, 0.25) is 12.7 Å². The molecule has 0 atom stereocenters.